The number of likely N-dealkylation sites (tertiary alicyclic amines) is 1. The number of nitrogens with one attached hydrogen (secondary N) is 2. The van der Waals surface area contributed by atoms with Gasteiger partial charge in [0.2, 0.25) is 0 Å². The van der Waals surface area contributed by atoms with Crippen molar-refractivity contribution in [3.8, 4) is 0 Å². The number of piperidine rings is 1. The molecular weight excluding hydrogens is 463 g/mol. The highest BCUT2D eigenvalue weighted by Gasteiger charge is 2.20. The molecule has 28 heavy (non-hydrogen) atoms. The van der Waals surface area contributed by atoms with E-state index in [1.54, 1.807) is 7.11 Å². The highest BCUT2D eigenvalue weighted by atomic mass is 127. The predicted octanol–water partition coefficient (Wildman–Crippen LogP) is 3.81. The zero-order chi connectivity index (χ0) is 19.7. The molecule has 2 N–H and O–H groups in total. The van der Waals surface area contributed by atoms with Gasteiger partial charge in [-0.2, -0.15) is 0 Å². The van der Waals surface area contributed by atoms with Crippen molar-refractivity contribution in [3.05, 3.63) is 35.4 Å². The molecule has 1 heterocycles. The number of aryl methyl sites for hydroxylation is 1. The highest BCUT2D eigenvalue weighted by Crippen LogP contribution is 2.18. The molecule has 0 unspecified atom stereocenters. The van der Waals surface area contributed by atoms with Crippen LogP contribution in [0.5, 0.6) is 0 Å². The fourth-order valence-corrected chi connectivity index (χ4v) is 3.22. The first kappa shape index (κ1) is 25.2. The Hall–Kier alpha value is -0.860. The number of nitrogens with zero attached hydrogens (tertiary/aromatic N) is 2. The Balaban J connectivity index is 0.00000392. The van der Waals surface area contributed by atoms with Crippen molar-refractivity contribution in [2.24, 2.45) is 10.9 Å². The van der Waals surface area contributed by atoms with E-state index < -0.39 is 0 Å². The Morgan fingerprint density at radius 1 is 1.18 bits per heavy atom. The molecule has 1 saturated heterocycles. The molecule has 1 fully saturated rings. The molecular formula is C22H39IN4O. The number of guanidine groups is 1. The Bertz CT molecular complexity index is 581. The molecule has 2 rings (SSSR count). The molecule has 0 atom stereocenters. The third-order valence-corrected chi connectivity index (χ3v) is 5.31. The second-order valence-electron chi connectivity index (χ2n) is 8.25. The summed E-state index contributed by atoms with van der Waals surface area (Å²) >= 11 is 0. The quantitative estimate of drug-likeness (QED) is 0.323. The summed E-state index contributed by atoms with van der Waals surface area (Å²) in [7, 11) is 1.74. The summed E-state index contributed by atoms with van der Waals surface area (Å²) in [6, 6.07) is 8.92. The second-order valence-corrected chi connectivity index (χ2v) is 8.25. The number of aliphatic imine (C=N–C) groups is 1. The maximum absolute atomic E-state index is 5.46. The number of hydrogen-bond donors (Lipinski definition) is 2. The van der Waals surface area contributed by atoms with Gasteiger partial charge < -0.3 is 15.4 Å². The van der Waals surface area contributed by atoms with Crippen molar-refractivity contribution in [1.29, 1.82) is 0 Å². The van der Waals surface area contributed by atoms with E-state index in [2.05, 4.69) is 72.5 Å². The number of hydrogen-bond acceptors (Lipinski definition) is 3. The minimum absolute atomic E-state index is 0. The van der Waals surface area contributed by atoms with E-state index in [-0.39, 0.29) is 29.6 Å². The monoisotopic (exact) mass is 502 g/mol. The van der Waals surface area contributed by atoms with Crippen LogP contribution in [0.4, 0.5) is 0 Å². The van der Waals surface area contributed by atoms with Gasteiger partial charge in [-0.15, -0.1) is 24.0 Å². The summed E-state index contributed by atoms with van der Waals surface area (Å²) in [4.78, 5) is 7.25. The van der Waals surface area contributed by atoms with Gasteiger partial charge in [0.1, 0.15) is 0 Å². The number of ether oxygens (including phenoxy) is 1. The summed E-state index contributed by atoms with van der Waals surface area (Å²) in [5, 5.41) is 6.86. The molecule has 0 saturated carbocycles. The van der Waals surface area contributed by atoms with Crippen LogP contribution in [0.3, 0.4) is 0 Å². The molecule has 0 amide bonds. The molecule has 0 spiro atoms. The Labute approximate surface area is 188 Å². The average molecular weight is 502 g/mol. The minimum atomic E-state index is -0.232. The topological polar surface area (TPSA) is 48.9 Å². The van der Waals surface area contributed by atoms with E-state index in [0.717, 1.165) is 25.6 Å². The van der Waals surface area contributed by atoms with Crippen LogP contribution in [-0.4, -0.2) is 56.3 Å². The first-order chi connectivity index (χ1) is 12.9. The Morgan fingerprint density at radius 3 is 2.39 bits per heavy atom. The van der Waals surface area contributed by atoms with Crippen molar-refractivity contribution < 1.29 is 4.74 Å². The molecule has 6 heteroatoms. The summed E-state index contributed by atoms with van der Waals surface area (Å²) in [5.41, 5.74) is 2.51. The zero-order valence-corrected chi connectivity index (χ0v) is 20.6. The average Bonchev–Trinajstić information content (AvgIpc) is 2.67. The summed E-state index contributed by atoms with van der Waals surface area (Å²) in [6.45, 7) is 14.3. The van der Waals surface area contributed by atoms with E-state index in [0.29, 0.717) is 12.5 Å². The van der Waals surface area contributed by atoms with Gasteiger partial charge in [-0.3, -0.25) is 9.89 Å². The van der Waals surface area contributed by atoms with Gasteiger partial charge in [0, 0.05) is 26.7 Å². The maximum atomic E-state index is 5.46. The summed E-state index contributed by atoms with van der Waals surface area (Å²) < 4.78 is 5.46. The second kappa shape index (κ2) is 12.6. The van der Waals surface area contributed by atoms with Crippen molar-refractivity contribution in [3.63, 3.8) is 0 Å². The molecule has 1 aliphatic heterocycles. The van der Waals surface area contributed by atoms with E-state index in [1.807, 2.05) is 0 Å². The fourth-order valence-electron chi connectivity index (χ4n) is 3.22. The molecule has 1 aromatic carbocycles. The Morgan fingerprint density at radius 2 is 1.82 bits per heavy atom. The minimum Gasteiger partial charge on any atom is -0.377 e. The van der Waals surface area contributed by atoms with E-state index in [9.17, 15) is 0 Å². The lowest BCUT2D eigenvalue weighted by atomic mass is 9.96. The van der Waals surface area contributed by atoms with Gasteiger partial charge in [0.05, 0.1) is 12.1 Å². The van der Waals surface area contributed by atoms with Crippen LogP contribution < -0.4 is 10.6 Å². The van der Waals surface area contributed by atoms with Gasteiger partial charge in [-0.25, -0.2) is 0 Å². The summed E-state index contributed by atoms with van der Waals surface area (Å²) in [6.07, 6.45) is 2.48. The normalized spacial score (nSPS) is 16.5. The molecule has 5 nitrogen and oxygen atoms in total. The van der Waals surface area contributed by atoms with Crippen LogP contribution in [0.2, 0.25) is 0 Å². The molecule has 1 aliphatic rings. The van der Waals surface area contributed by atoms with Crippen LogP contribution in [0.15, 0.2) is 29.3 Å². The van der Waals surface area contributed by atoms with Crippen LogP contribution in [0.1, 0.15) is 44.7 Å². The molecule has 0 aromatic heterocycles. The summed E-state index contributed by atoms with van der Waals surface area (Å²) in [5.74, 6) is 1.60. The number of methoxy groups -OCH3 is 1. The van der Waals surface area contributed by atoms with Gasteiger partial charge in [-0.05, 0) is 65.1 Å². The first-order valence-corrected chi connectivity index (χ1v) is 10.3. The largest absolute Gasteiger partial charge is 0.377 e. The van der Waals surface area contributed by atoms with E-state index in [1.165, 1.54) is 37.1 Å². The fraction of sp³-hybridized carbons (Fsp3) is 0.682. The third kappa shape index (κ3) is 9.09. The lowest BCUT2D eigenvalue weighted by Gasteiger charge is -2.32. The maximum Gasteiger partial charge on any atom is 0.191 e. The highest BCUT2D eigenvalue weighted by molar-refractivity contribution is 14.0. The van der Waals surface area contributed by atoms with Crippen LogP contribution in [-0.2, 0) is 11.3 Å². The van der Waals surface area contributed by atoms with Gasteiger partial charge in [-0.1, -0.05) is 29.8 Å². The number of halogens is 1. The van der Waals surface area contributed by atoms with Crippen molar-refractivity contribution in [2.45, 2.75) is 52.7 Å². The third-order valence-electron chi connectivity index (χ3n) is 5.31. The molecule has 0 aliphatic carbocycles. The van der Waals surface area contributed by atoms with Crippen molar-refractivity contribution >= 4 is 29.9 Å². The standard InChI is InChI=1S/C22H38N4O.HI/c1-6-23-21(25-17-22(3,4)27-5)24-15-19-11-13-26(14-12-19)16-20-9-7-18(2)8-10-20;/h7-10,19H,6,11-17H2,1-5H3,(H2,23,24,25);1H. The number of rotatable bonds is 8. The van der Waals surface area contributed by atoms with Crippen molar-refractivity contribution in [2.75, 3.05) is 39.8 Å². The van der Waals surface area contributed by atoms with Crippen LogP contribution >= 0.6 is 24.0 Å². The van der Waals surface area contributed by atoms with Crippen molar-refractivity contribution in [1.82, 2.24) is 15.5 Å². The van der Waals surface area contributed by atoms with Gasteiger partial charge >= 0.3 is 0 Å². The predicted molar refractivity (Wildman–Crippen MR) is 130 cm³/mol. The zero-order valence-electron chi connectivity index (χ0n) is 18.3. The lowest BCUT2D eigenvalue weighted by molar-refractivity contribution is 0.0310. The van der Waals surface area contributed by atoms with Gasteiger partial charge in [0.15, 0.2) is 5.96 Å². The van der Waals surface area contributed by atoms with E-state index >= 15 is 0 Å². The molecule has 1 aromatic rings. The van der Waals surface area contributed by atoms with Crippen LogP contribution in [0, 0.1) is 12.8 Å². The smallest absolute Gasteiger partial charge is 0.191 e. The molecule has 0 radical (unpaired) electrons. The molecule has 0 bridgehead atoms. The Kier molecular flexibility index (Phi) is 11.4. The van der Waals surface area contributed by atoms with Gasteiger partial charge in [0.25, 0.3) is 0 Å². The number of benzene rings is 1. The first-order valence-electron chi connectivity index (χ1n) is 10.3. The lowest BCUT2D eigenvalue weighted by Crippen LogP contribution is -2.43. The van der Waals surface area contributed by atoms with Crippen LogP contribution in [0.25, 0.3) is 0 Å². The molecule has 160 valence electrons. The SMILES string of the molecule is CCNC(=NCC(C)(C)OC)NCC1CCN(Cc2ccc(C)cc2)CC1.I. The van der Waals surface area contributed by atoms with E-state index in [4.69, 9.17) is 4.74 Å².